The van der Waals surface area contributed by atoms with Crippen LogP contribution in [0, 0.1) is 0 Å². The molecule has 1 saturated heterocycles. The number of nitrogens with zero attached hydrogens (tertiary/aromatic N) is 2. The van der Waals surface area contributed by atoms with Crippen LogP contribution in [0.15, 0.2) is 70.8 Å². The van der Waals surface area contributed by atoms with E-state index in [-0.39, 0.29) is 102 Å². The van der Waals surface area contributed by atoms with E-state index in [1.54, 1.807) is 36.5 Å². The molecule has 3 aromatic rings. The van der Waals surface area contributed by atoms with Crippen LogP contribution in [0.1, 0.15) is 88.7 Å². The second kappa shape index (κ2) is 31.8. The number of hydrogen-bond donors (Lipinski definition) is 16. The van der Waals surface area contributed by atoms with E-state index >= 15 is 0 Å². The topological polar surface area (TPSA) is 450 Å². The molecule has 416 valence electrons. The Kier molecular flexibility index (Phi) is 25.4. The highest BCUT2D eigenvalue weighted by Gasteiger charge is 2.35. The molecule has 8 amide bonds. The number of rotatable bonds is 21. The molecule has 1 aliphatic heterocycles. The van der Waals surface area contributed by atoms with Gasteiger partial charge in [0.25, 0.3) is 0 Å². The van der Waals surface area contributed by atoms with Gasteiger partial charge in [0.2, 0.25) is 47.3 Å². The molecule has 1 aromatic heterocycles. The fourth-order valence-corrected chi connectivity index (χ4v) is 8.49. The second-order valence-corrected chi connectivity index (χ2v) is 18.6. The quantitative estimate of drug-likeness (QED) is 0.0214. The maximum atomic E-state index is 14.7. The van der Waals surface area contributed by atoms with Gasteiger partial charge in [0, 0.05) is 56.0 Å². The monoisotopic (exact) mass is 1060 g/mol. The first-order valence-corrected chi connectivity index (χ1v) is 25.6. The molecule has 8 atom stereocenters. The first-order chi connectivity index (χ1) is 36.3. The molecule has 0 bridgehead atoms. The Labute approximate surface area is 441 Å². The standard InChI is InChI=1S/C50H77N17O9/c1-29(68)61-35(18-10-24-58-49(53)54)43(71)65-38-20-21-41(69)57-23-9-17-34(42(52)70)62-48(76)40(27-31-28-60-33-15-6-5-14-32(31)33)67-45(73)37(19-11-25-59-50(55)56)64-47(75)39(26-30-12-3-2-4-13-30)66-44(72)36(63-46(38)74)16-7-8-22-51/h2-6,12-15,28-29,34-40,60-61,68H,7-11,16-27,51H2,1H3,(H2,52,70)(H,57,69)(H,62,76)(H,63,74)(H,64,75)(H,65,71)(H,66,72)(H,67,73)(H4,53,54,58)(H4,55,56,59)/t29?,34-,35-,36-,37-,38-,39+,40-/m0/s1. The minimum absolute atomic E-state index is 0.00214. The smallest absolute Gasteiger partial charge is 0.243 e. The van der Waals surface area contributed by atoms with Crippen LogP contribution >= 0.6 is 0 Å². The van der Waals surface area contributed by atoms with Crippen molar-refractivity contribution in [3.63, 3.8) is 0 Å². The number of amides is 8. The number of aromatic nitrogens is 1. The lowest BCUT2D eigenvalue weighted by atomic mass is 10.0. The van der Waals surface area contributed by atoms with Gasteiger partial charge in [-0.15, -0.1) is 0 Å². The lowest BCUT2D eigenvalue weighted by molar-refractivity contribution is -0.135. The summed E-state index contributed by atoms with van der Waals surface area (Å²) in [5.41, 5.74) is 35.7. The number of nitrogens with one attached hydrogen (secondary N) is 9. The fraction of sp³-hybridized carbons (Fsp3) is 0.520. The van der Waals surface area contributed by atoms with Crippen LogP contribution in [-0.2, 0) is 51.2 Å². The van der Waals surface area contributed by atoms with E-state index < -0.39 is 95.8 Å². The van der Waals surface area contributed by atoms with Gasteiger partial charge in [0.15, 0.2) is 11.9 Å². The zero-order chi connectivity index (χ0) is 55.6. The van der Waals surface area contributed by atoms with Gasteiger partial charge in [0.05, 0.1) is 6.04 Å². The predicted octanol–water partition coefficient (Wildman–Crippen LogP) is -3.43. The van der Waals surface area contributed by atoms with Crippen molar-refractivity contribution in [3.05, 3.63) is 71.9 Å². The third kappa shape index (κ3) is 21.2. The van der Waals surface area contributed by atoms with Gasteiger partial charge in [-0.1, -0.05) is 48.5 Å². The Bertz CT molecular complexity index is 2460. The first-order valence-electron chi connectivity index (χ1n) is 25.6. The van der Waals surface area contributed by atoms with Crippen molar-refractivity contribution >= 4 is 70.1 Å². The van der Waals surface area contributed by atoms with E-state index in [0.717, 1.165) is 10.9 Å². The first kappa shape index (κ1) is 60.7. The summed E-state index contributed by atoms with van der Waals surface area (Å²) in [5.74, 6) is -6.48. The van der Waals surface area contributed by atoms with E-state index in [9.17, 15) is 43.5 Å². The molecule has 22 N–H and O–H groups in total. The minimum atomic E-state index is -1.42. The number of aliphatic hydroxyl groups is 1. The van der Waals surface area contributed by atoms with Crippen LogP contribution in [0.4, 0.5) is 0 Å². The molecule has 76 heavy (non-hydrogen) atoms. The average molecular weight is 1060 g/mol. The molecule has 0 radical (unpaired) electrons. The number of carbonyl (C=O) groups is 8. The largest absolute Gasteiger partial charge is 0.379 e. The Balaban J connectivity index is 1.78. The molecule has 0 spiro atoms. The maximum absolute atomic E-state index is 14.7. The van der Waals surface area contributed by atoms with Gasteiger partial charge in [0.1, 0.15) is 42.5 Å². The number of carbonyl (C=O) groups excluding carboxylic acids is 8. The summed E-state index contributed by atoms with van der Waals surface area (Å²) in [6.45, 7) is 1.89. The summed E-state index contributed by atoms with van der Waals surface area (Å²) in [6.07, 6.45) is 1.30. The van der Waals surface area contributed by atoms with Crippen LogP contribution in [-0.4, -0.2) is 144 Å². The van der Waals surface area contributed by atoms with E-state index in [1.165, 1.54) is 6.92 Å². The molecule has 2 heterocycles. The van der Waals surface area contributed by atoms with Crippen molar-refractivity contribution in [2.45, 2.75) is 139 Å². The Morgan fingerprint density at radius 1 is 0.697 bits per heavy atom. The molecule has 26 heteroatoms. The van der Waals surface area contributed by atoms with Gasteiger partial charge in [-0.05, 0) is 94.9 Å². The van der Waals surface area contributed by atoms with Crippen molar-refractivity contribution in [2.24, 2.45) is 44.4 Å². The highest BCUT2D eigenvalue weighted by atomic mass is 16.3. The molecular formula is C50H77N17O9. The zero-order valence-corrected chi connectivity index (χ0v) is 43.0. The molecule has 2 aromatic carbocycles. The fourth-order valence-electron chi connectivity index (χ4n) is 8.49. The van der Waals surface area contributed by atoms with Gasteiger partial charge < -0.3 is 81.7 Å². The number of para-hydroxylation sites is 1. The predicted molar refractivity (Wildman–Crippen MR) is 286 cm³/mol. The Morgan fingerprint density at radius 3 is 1.92 bits per heavy atom. The second-order valence-electron chi connectivity index (χ2n) is 18.6. The van der Waals surface area contributed by atoms with Gasteiger partial charge in [-0.3, -0.25) is 53.7 Å². The van der Waals surface area contributed by atoms with Crippen molar-refractivity contribution in [1.82, 2.24) is 47.5 Å². The third-order valence-corrected chi connectivity index (χ3v) is 12.5. The number of H-pyrrole nitrogens is 1. The number of hydrogen-bond acceptors (Lipinski definition) is 13. The number of fused-ring (bicyclic) bond motifs is 1. The average Bonchev–Trinajstić information content (AvgIpc) is 3.78. The maximum Gasteiger partial charge on any atom is 0.243 e. The molecule has 0 aliphatic carbocycles. The summed E-state index contributed by atoms with van der Waals surface area (Å²) >= 11 is 0. The molecule has 4 rings (SSSR count). The number of benzene rings is 2. The SMILES string of the molecule is CC(O)N[C@@H](CCCN=C(N)N)C(=O)N[C@H]1CCC(=O)NCCC[C@@H](C(N)=O)NC(=O)[C@H](Cc2c[nH]c3ccccc23)NC(=O)[C@H](CCCN=C(N)N)NC(=O)[C@@H](Cc2ccccc2)NC(=O)[C@H](CCCCN)NC1=O. The molecule has 1 unspecified atom stereocenters. The molecule has 26 nitrogen and oxygen atoms in total. The van der Waals surface area contributed by atoms with Crippen LogP contribution in [0.3, 0.4) is 0 Å². The minimum Gasteiger partial charge on any atom is -0.379 e. The van der Waals surface area contributed by atoms with Crippen molar-refractivity contribution in [3.8, 4) is 0 Å². The molecule has 0 saturated carbocycles. The third-order valence-electron chi connectivity index (χ3n) is 12.5. The number of primary amides is 1. The Morgan fingerprint density at radius 2 is 1.28 bits per heavy atom. The molecule has 1 fully saturated rings. The van der Waals surface area contributed by atoms with E-state index in [2.05, 4.69) is 57.5 Å². The van der Waals surface area contributed by atoms with Crippen LogP contribution in [0.2, 0.25) is 0 Å². The van der Waals surface area contributed by atoms with Crippen LogP contribution < -0.4 is 76.9 Å². The summed E-state index contributed by atoms with van der Waals surface area (Å²) < 4.78 is 0. The molecular weight excluding hydrogens is 983 g/mol. The number of unbranched alkanes of at least 4 members (excludes halogenated alkanes) is 1. The van der Waals surface area contributed by atoms with E-state index in [4.69, 9.17) is 34.4 Å². The summed E-state index contributed by atoms with van der Waals surface area (Å²) in [4.78, 5) is 124. The van der Waals surface area contributed by atoms with Crippen molar-refractivity contribution < 1.29 is 43.5 Å². The molecule has 1 aliphatic rings. The van der Waals surface area contributed by atoms with E-state index in [0.29, 0.717) is 30.4 Å². The summed E-state index contributed by atoms with van der Waals surface area (Å²) in [7, 11) is 0. The number of aliphatic hydroxyl groups excluding tert-OH is 1. The number of guanidine groups is 2. The summed E-state index contributed by atoms with van der Waals surface area (Å²) in [5, 5.41) is 32.9. The lowest BCUT2D eigenvalue weighted by Gasteiger charge is -2.28. The van der Waals surface area contributed by atoms with Crippen LogP contribution in [0.25, 0.3) is 10.9 Å². The Hall–Kier alpha value is -7.84. The summed E-state index contributed by atoms with van der Waals surface area (Å²) in [6, 6.07) is 6.94. The number of aromatic amines is 1. The van der Waals surface area contributed by atoms with Crippen LogP contribution in [0.5, 0.6) is 0 Å². The van der Waals surface area contributed by atoms with Gasteiger partial charge in [-0.2, -0.15) is 0 Å². The number of aliphatic imine (C=N–C) groups is 2. The van der Waals surface area contributed by atoms with Gasteiger partial charge in [-0.25, -0.2) is 0 Å². The van der Waals surface area contributed by atoms with Gasteiger partial charge >= 0.3 is 0 Å². The normalized spacial score (nSPS) is 21.5. The lowest BCUT2D eigenvalue weighted by Crippen LogP contribution is -2.60. The van der Waals surface area contributed by atoms with Crippen molar-refractivity contribution in [2.75, 3.05) is 26.2 Å². The highest BCUT2D eigenvalue weighted by Crippen LogP contribution is 2.20. The van der Waals surface area contributed by atoms with Crippen molar-refractivity contribution in [1.29, 1.82) is 0 Å². The highest BCUT2D eigenvalue weighted by molar-refractivity contribution is 5.98. The zero-order valence-electron chi connectivity index (χ0n) is 43.0. The van der Waals surface area contributed by atoms with E-state index in [1.807, 2.05) is 24.3 Å². The number of nitrogens with two attached hydrogens (primary N) is 6.